The zero-order valence-electron chi connectivity index (χ0n) is 17.6. The number of fused-ring (bicyclic) bond motifs is 1. The van der Waals surface area contributed by atoms with Crippen molar-refractivity contribution in [1.82, 2.24) is 4.31 Å². The van der Waals surface area contributed by atoms with Crippen LogP contribution in [0.15, 0.2) is 77.7 Å². The number of hydrogen-bond acceptors (Lipinski definition) is 5. The SMILES string of the molecule is Cc1ccc(S(=O)(=O)N2Cc3ccccc3C[C@H]2C(=O)OCc2ccc(C#N)cc2)cc1. The molecule has 7 heteroatoms. The van der Waals surface area contributed by atoms with Gasteiger partial charge in [0.15, 0.2) is 0 Å². The fourth-order valence-corrected chi connectivity index (χ4v) is 5.28. The van der Waals surface area contributed by atoms with Gasteiger partial charge in [0, 0.05) is 13.0 Å². The lowest BCUT2D eigenvalue weighted by molar-refractivity contribution is -0.150. The van der Waals surface area contributed by atoms with Gasteiger partial charge in [0.2, 0.25) is 10.0 Å². The summed E-state index contributed by atoms with van der Waals surface area (Å²) in [4.78, 5) is 13.2. The number of ether oxygens (including phenoxy) is 1. The number of sulfonamides is 1. The van der Waals surface area contributed by atoms with Crippen LogP contribution >= 0.6 is 0 Å². The van der Waals surface area contributed by atoms with E-state index in [0.717, 1.165) is 22.3 Å². The van der Waals surface area contributed by atoms with Crippen molar-refractivity contribution in [3.05, 3.63) is 101 Å². The second-order valence-corrected chi connectivity index (χ2v) is 9.66. The Kier molecular flexibility index (Phi) is 6.08. The zero-order chi connectivity index (χ0) is 22.7. The van der Waals surface area contributed by atoms with Crippen LogP contribution in [0.25, 0.3) is 0 Å². The summed E-state index contributed by atoms with van der Waals surface area (Å²) >= 11 is 0. The molecule has 6 nitrogen and oxygen atoms in total. The maximum Gasteiger partial charge on any atom is 0.325 e. The van der Waals surface area contributed by atoms with Gasteiger partial charge >= 0.3 is 5.97 Å². The Hall–Kier alpha value is -3.47. The summed E-state index contributed by atoms with van der Waals surface area (Å²) in [7, 11) is -3.91. The minimum absolute atomic E-state index is 0.00110. The topological polar surface area (TPSA) is 87.5 Å². The third kappa shape index (κ3) is 4.42. The van der Waals surface area contributed by atoms with E-state index in [9.17, 15) is 13.2 Å². The van der Waals surface area contributed by atoms with Crippen LogP contribution in [0.4, 0.5) is 0 Å². The molecule has 0 spiro atoms. The summed E-state index contributed by atoms with van der Waals surface area (Å²) in [6.45, 7) is 1.99. The van der Waals surface area contributed by atoms with Crippen molar-refractivity contribution < 1.29 is 17.9 Å². The molecule has 3 aromatic carbocycles. The lowest BCUT2D eigenvalue weighted by Crippen LogP contribution is -2.49. The monoisotopic (exact) mass is 446 g/mol. The van der Waals surface area contributed by atoms with Crippen molar-refractivity contribution in [1.29, 1.82) is 5.26 Å². The smallest absolute Gasteiger partial charge is 0.325 e. The average molecular weight is 447 g/mol. The standard InChI is InChI=1S/C25H22N2O4S/c1-18-6-12-23(13-7-18)32(29,30)27-16-22-5-3-2-4-21(22)14-24(27)25(28)31-17-20-10-8-19(15-26)9-11-20/h2-13,24H,14,16-17H2,1H3/t24-/m0/s1. The van der Waals surface area contributed by atoms with Crippen LogP contribution in [-0.4, -0.2) is 24.7 Å². The number of benzene rings is 3. The molecule has 1 heterocycles. The highest BCUT2D eigenvalue weighted by molar-refractivity contribution is 7.89. The second kappa shape index (κ2) is 8.95. The fourth-order valence-electron chi connectivity index (χ4n) is 3.72. The van der Waals surface area contributed by atoms with E-state index in [1.165, 1.54) is 4.31 Å². The minimum atomic E-state index is -3.91. The van der Waals surface area contributed by atoms with Gasteiger partial charge < -0.3 is 4.74 Å². The van der Waals surface area contributed by atoms with E-state index in [0.29, 0.717) is 5.56 Å². The molecule has 0 fully saturated rings. The molecule has 1 aliphatic heterocycles. The van der Waals surface area contributed by atoms with Crippen molar-refractivity contribution in [2.75, 3.05) is 0 Å². The molecule has 0 bridgehead atoms. The van der Waals surface area contributed by atoms with Gasteiger partial charge in [-0.2, -0.15) is 9.57 Å². The molecular weight excluding hydrogens is 424 g/mol. The van der Waals surface area contributed by atoms with Gasteiger partial charge in [-0.25, -0.2) is 8.42 Å². The Labute approximate surface area is 187 Å². The predicted molar refractivity (Wildman–Crippen MR) is 119 cm³/mol. The molecular formula is C25H22N2O4S. The molecule has 0 amide bonds. The van der Waals surface area contributed by atoms with E-state index >= 15 is 0 Å². The molecule has 0 radical (unpaired) electrons. The first-order valence-corrected chi connectivity index (χ1v) is 11.6. The van der Waals surface area contributed by atoms with Gasteiger partial charge in [-0.1, -0.05) is 54.1 Å². The molecule has 1 atom stereocenters. The van der Waals surface area contributed by atoms with Gasteiger partial charge in [-0.15, -0.1) is 0 Å². The van der Waals surface area contributed by atoms with E-state index in [-0.39, 0.29) is 24.5 Å². The first kappa shape index (κ1) is 21.8. The van der Waals surface area contributed by atoms with Gasteiger partial charge in [0.05, 0.1) is 16.5 Å². The Balaban J connectivity index is 1.61. The molecule has 1 aliphatic rings. The van der Waals surface area contributed by atoms with Gasteiger partial charge in [-0.05, 0) is 47.9 Å². The zero-order valence-corrected chi connectivity index (χ0v) is 18.4. The van der Waals surface area contributed by atoms with Crippen LogP contribution in [0, 0.1) is 18.3 Å². The molecule has 32 heavy (non-hydrogen) atoms. The predicted octanol–water partition coefficient (Wildman–Crippen LogP) is 3.73. The lowest BCUT2D eigenvalue weighted by Gasteiger charge is -2.34. The summed E-state index contributed by atoms with van der Waals surface area (Å²) in [6.07, 6.45) is 0.244. The summed E-state index contributed by atoms with van der Waals surface area (Å²) in [6, 6.07) is 21.9. The number of nitrogens with zero attached hydrogens (tertiary/aromatic N) is 2. The van der Waals surface area contributed by atoms with Crippen LogP contribution in [0.3, 0.4) is 0 Å². The first-order valence-electron chi connectivity index (χ1n) is 10.2. The quantitative estimate of drug-likeness (QED) is 0.558. The van der Waals surface area contributed by atoms with Gasteiger partial charge in [-0.3, -0.25) is 4.79 Å². The normalized spacial score (nSPS) is 16.1. The summed E-state index contributed by atoms with van der Waals surface area (Å²) in [5.41, 5.74) is 4.00. The lowest BCUT2D eigenvalue weighted by atomic mass is 9.96. The average Bonchev–Trinajstić information content (AvgIpc) is 2.82. The summed E-state index contributed by atoms with van der Waals surface area (Å²) in [5.74, 6) is -0.598. The third-order valence-electron chi connectivity index (χ3n) is 5.57. The molecule has 162 valence electrons. The maximum absolute atomic E-state index is 13.5. The third-order valence-corrected chi connectivity index (χ3v) is 7.44. The van der Waals surface area contributed by atoms with E-state index in [4.69, 9.17) is 10.00 Å². The van der Waals surface area contributed by atoms with Gasteiger partial charge in [0.25, 0.3) is 0 Å². The van der Waals surface area contributed by atoms with Crippen LogP contribution in [0.2, 0.25) is 0 Å². The number of hydrogen-bond donors (Lipinski definition) is 0. The van der Waals surface area contributed by atoms with Crippen molar-refractivity contribution in [3.63, 3.8) is 0 Å². The van der Waals surface area contributed by atoms with E-state index in [2.05, 4.69) is 0 Å². The Morgan fingerprint density at radius 3 is 2.34 bits per heavy atom. The number of nitriles is 1. The number of carbonyl (C=O) groups is 1. The van der Waals surface area contributed by atoms with Gasteiger partial charge in [0.1, 0.15) is 12.6 Å². The summed E-state index contributed by atoms with van der Waals surface area (Å²) in [5, 5.41) is 8.91. The largest absolute Gasteiger partial charge is 0.460 e. The highest BCUT2D eigenvalue weighted by atomic mass is 32.2. The molecule has 0 saturated heterocycles. The van der Waals surface area contributed by atoms with Crippen LogP contribution in [0.5, 0.6) is 0 Å². The Morgan fingerprint density at radius 2 is 1.69 bits per heavy atom. The molecule has 3 aromatic rings. The van der Waals surface area contributed by atoms with Crippen molar-refractivity contribution in [2.24, 2.45) is 0 Å². The molecule has 4 rings (SSSR count). The van der Waals surface area contributed by atoms with Crippen LogP contribution < -0.4 is 0 Å². The Morgan fingerprint density at radius 1 is 1.03 bits per heavy atom. The Bertz CT molecular complexity index is 1280. The second-order valence-electron chi connectivity index (χ2n) is 7.77. The van der Waals surface area contributed by atoms with E-state index in [1.54, 1.807) is 48.5 Å². The van der Waals surface area contributed by atoms with E-state index in [1.807, 2.05) is 37.3 Å². The minimum Gasteiger partial charge on any atom is -0.460 e. The summed E-state index contributed by atoms with van der Waals surface area (Å²) < 4.78 is 33.7. The highest BCUT2D eigenvalue weighted by Crippen LogP contribution is 2.30. The number of esters is 1. The first-order chi connectivity index (χ1) is 15.4. The molecule has 0 aromatic heterocycles. The number of carbonyl (C=O) groups excluding carboxylic acids is 1. The molecule has 0 saturated carbocycles. The maximum atomic E-state index is 13.5. The highest BCUT2D eigenvalue weighted by Gasteiger charge is 2.40. The van der Waals surface area contributed by atoms with Crippen molar-refractivity contribution >= 4 is 16.0 Å². The molecule has 0 unspecified atom stereocenters. The van der Waals surface area contributed by atoms with Crippen LogP contribution in [0.1, 0.15) is 27.8 Å². The van der Waals surface area contributed by atoms with E-state index < -0.39 is 22.0 Å². The van der Waals surface area contributed by atoms with Crippen molar-refractivity contribution in [3.8, 4) is 6.07 Å². The number of rotatable bonds is 5. The van der Waals surface area contributed by atoms with Crippen LogP contribution in [-0.2, 0) is 39.1 Å². The molecule has 0 aliphatic carbocycles. The fraction of sp³-hybridized carbons (Fsp3) is 0.200. The van der Waals surface area contributed by atoms with Crippen molar-refractivity contribution in [2.45, 2.75) is 37.4 Å². The number of aryl methyl sites for hydroxylation is 1. The molecule has 0 N–H and O–H groups in total.